The van der Waals surface area contributed by atoms with Gasteiger partial charge in [-0.2, -0.15) is 0 Å². The lowest BCUT2D eigenvalue weighted by Gasteiger charge is -2.30. The van der Waals surface area contributed by atoms with Crippen molar-refractivity contribution in [3.8, 4) is 5.75 Å². The molecule has 1 aromatic heterocycles. The molecule has 0 bridgehead atoms. The van der Waals surface area contributed by atoms with Gasteiger partial charge in [-0.05, 0) is 46.5 Å². The number of hydrogen-bond donors (Lipinski definition) is 1. The highest BCUT2D eigenvalue weighted by molar-refractivity contribution is 7.09. The van der Waals surface area contributed by atoms with Crippen molar-refractivity contribution in [1.82, 2.24) is 4.98 Å². The summed E-state index contributed by atoms with van der Waals surface area (Å²) in [5.41, 5.74) is 2.55. The van der Waals surface area contributed by atoms with Crippen LogP contribution in [0.15, 0.2) is 72.2 Å². The highest BCUT2D eigenvalue weighted by atomic mass is 32.1. The van der Waals surface area contributed by atoms with Gasteiger partial charge >= 0.3 is 0 Å². The Morgan fingerprint density at radius 1 is 1.03 bits per heavy atom. The minimum Gasteiger partial charge on any atom is -0.489 e. The molecule has 1 N–H and O–H groups in total. The van der Waals surface area contributed by atoms with E-state index < -0.39 is 5.60 Å². The molecule has 4 rings (SSSR count). The Morgan fingerprint density at radius 3 is 2.57 bits per heavy atom. The van der Waals surface area contributed by atoms with Crippen LogP contribution >= 0.6 is 11.3 Å². The van der Waals surface area contributed by atoms with E-state index in [9.17, 15) is 0 Å². The second kappa shape index (κ2) is 8.86. The normalized spacial score (nSPS) is 13.2. The predicted octanol–water partition coefficient (Wildman–Crippen LogP) is 6.22. The molecule has 1 atom stereocenters. The molecule has 3 aromatic carbocycles. The number of ether oxygens (including phenoxy) is 2. The maximum absolute atomic E-state index is 6.21. The summed E-state index contributed by atoms with van der Waals surface area (Å²) >= 11 is 1.61. The fraction of sp³-hybridized carbons (Fsp3) is 0.240. The molecule has 5 heteroatoms. The van der Waals surface area contributed by atoms with E-state index in [1.165, 1.54) is 10.8 Å². The third kappa shape index (κ3) is 3.91. The minimum atomic E-state index is -0.595. The van der Waals surface area contributed by atoms with Crippen LogP contribution in [0.1, 0.15) is 29.5 Å². The summed E-state index contributed by atoms with van der Waals surface area (Å²) in [6.45, 7) is 2.62. The van der Waals surface area contributed by atoms with Gasteiger partial charge in [0.25, 0.3) is 0 Å². The van der Waals surface area contributed by atoms with Gasteiger partial charge in [0, 0.05) is 37.5 Å². The molecule has 4 nitrogen and oxygen atoms in total. The van der Waals surface area contributed by atoms with Gasteiger partial charge in [-0.1, -0.05) is 43.3 Å². The molecule has 30 heavy (non-hydrogen) atoms. The van der Waals surface area contributed by atoms with Crippen LogP contribution in [0.5, 0.6) is 5.75 Å². The first-order chi connectivity index (χ1) is 14.7. The van der Waals surface area contributed by atoms with Crippen molar-refractivity contribution in [2.24, 2.45) is 0 Å². The monoisotopic (exact) mass is 418 g/mol. The molecule has 0 aliphatic carbocycles. The first-order valence-corrected chi connectivity index (χ1v) is 11.0. The van der Waals surface area contributed by atoms with Crippen LogP contribution in [0.2, 0.25) is 0 Å². The van der Waals surface area contributed by atoms with Crippen molar-refractivity contribution >= 4 is 27.8 Å². The van der Waals surface area contributed by atoms with E-state index >= 15 is 0 Å². The number of anilines is 1. The molecule has 0 spiro atoms. The van der Waals surface area contributed by atoms with E-state index in [0.29, 0.717) is 6.61 Å². The topological polar surface area (TPSA) is 43.4 Å². The highest BCUT2D eigenvalue weighted by Gasteiger charge is 2.36. The standard InChI is InChI=1S/C25H26N2O2S/c1-4-25(28-3,24-27-11-12-30-24)21-14-22(26-2)16-23(15-21)29-17-18-9-10-19-7-5-6-8-20(19)13-18/h5-16,26H,4,17H2,1-3H3. The summed E-state index contributed by atoms with van der Waals surface area (Å²) in [5.74, 6) is 0.802. The Labute approximate surface area is 181 Å². The maximum Gasteiger partial charge on any atom is 0.144 e. The minimum absolute atomic E-state index is 0.501. The molecular formula is C25H26N2O2S. The van der Waals surface area contributed by atoms with Gasteiger partial charge in [-0.15, -0.1) is 11.3 Å². The van der Waals surface area contributed by atoms with Crippen LogP contribution in [-0.2, 0) is 16.9 Å². The summed E-state index contributed by atoms with van der Waals surface area (Å²) in [7, 11) is 3.66. The van der Waals surface area contributed by atoms with Crippen LogP contribution in [0.3, 0.4) is 0 Å². The van der Waals surface area contributed by atoms with Crippen LogP contribution in [0, 0.1) is 0 Å². The molecular weight excluding hydrogens is 392 g/mol. The van der Waals surface area contributed by atoms with Gasteiger partial charge in [0.15, 0.2) is 0 Å². The summed E-state index contributed by atoms with van der Waals surface area (Å²) < 4.78 is 12.3. The second-order valence-electron chi connectivity index (χ2n) is 7.19. The Bertz CT molecular complexity index is 1120. The zero-order valence-electron chi connectivity index (χ0n) is 17.5. The number of thiazole rings is 1. The van der Waals surface area contributed by atoms with Gasteiger partial charge in [-0.3, -0.25) is 0 Å². The Hall–Kier alpha value is -2.89. The first kappa shape index (κ1) is 20.4. The number of hydrogen-bond acceptors (Lipinski definition) is 5. The van der Waals surface area contributed by atoms with Gasteiger partial charge in [0.2, 0.25) is 0 Å². The predicted molar refractivity (Wildman–Crippen MR) is 124 cm³/mol. The van der Waals surface area contributed by atoms with Crippen molar-refractivity contribution in [3.63, 3.8) is 0 Å². The largest absolute Gasteiger partial charge is 0.489 e. The van der Waals surface area contributed by atoms with Gasteiger partial charge in [-0.25, -0.2) is 4.98 Å². The van der Waals surface area contributed by atoms with Crippen LogP contribution in [0.4, 0.5) is 5.69 Å². The summed E-state index contributed by atoms with van der Waals surface area (Å²) in [6.07, 6.45) is 2.59. The van der Waals surface area contributed by atoms with E-state index in [1.54, 1.807) is 18.4 Å². The number of nitrogens with one attached hydrogen (secondary N) is 1. The number of fused-ring (bicyclic) bond motifs is 1. The second-order valence-corrected chi connectivity index (χ2v) is 8.08. The Kier molecular flexibility index (Phi) is 6.02. The molecule has 1 unspecified atom stereocenters. The van der Waals surface area contributed by atoms with Crippen LogP contribution < -0.4 is 10.1 Å². The quantitative estimate of drug-likeness (QED) is 0.369. The highest BCUT2D eigenvalue weighted by Crippen LogP contribution is 2.40. The molecule has 1 heterocycles. The number of rotatable bonds is 8. The molecule has 0 amide bonds. The number of benzene rings is 3. The fourth-order valence-electron chi connectivity index (χ4n) is 3.81. The molecule has 0 aliphatic rings. The average Bonchev–Trinajstić information content (AvgIpc) is 3.34. The Balaban J connectivity index is 1.65. The number of aromatic nitrogens is 1. The van der Waals surface area contributed by atoms with Gasteiger partial charge < -0.3 is 14.8 Å². The summed E-state index contributed by atoms with van der Waals surface area (Å²) in [4.78, 5) is 4.55. The first-order valence-electron chi connectivity index (χ1n) is 10.1. The van der Waals surface area contributed by atoms with Crippen molar-refractivity contribution in [2.75, 3.05) is 19.5 Å². The third-order valence-corrected chi connectivity index (χ3v) is 6.42. The lowest BCUT2D eigenvalue weighted by atomic mass is 9.90. The number of nitrogens with zero attached hydrogens (tertiary/aromatic N) is 1. The molecule has 154 valence electrons. The van der Waals surface area contributed by atoms with Crippen molar-refractivity contribution in [1.29, 1.82) is 0 Å². The zero-order chi connectivity index (χ0) is 21.0. The summed E-state index contributed by atoms with van der Waals surface area (Å²) in [6, 6.07) is 21.0. The maximum atomic E-state index is 6.21. The molecule has 0 aliphatic heterocycles. The van der Waals surface area contributed by atoms with Crippen molar-refractivity contribution < 1.29 is 9.47 Å². The zero-order valence-corrected chi connectivity index (χ0v) is 18.3. The van der Waals surface area contributed by atoms with E-state index in [1.807, 2.05) is 24.7 Å². The average molecular weight is 419 g/mol. The van der Waals surface area contributed by atoms with Gasteiger partial charge in [0.1, 0.15) is 23.0 Å². The smallest absolute Gasteiger partial charge is 0.144 e. The van der Waals surface area contributed by atoms with Gasteiger partial charge in [0.05, 0.1) is 0 Å². The van der Waals surface area contributed by atoms with E-state index in [0.717, 1.165) is 34.0 Å². The van der Waals surface area contributed by atoms with E-state index in [4.69, 9.17) is 9.47 Å². The third-order valence-electron chi connectivity index (χ3n) is 5.51. The Morgan fingerprint density at radius 2 is 1.87 bits per heavy atom. The molecule has 4 aromatic rings. The lowest BCUT2D eigenvalue weighted by Crippen LogP contribution is -2.29. The van der Waals surface area contributed by atoms with Crippen LogP contribution in [-0.4, -0.2) is 19.1 Å². The van der Waals surface area contributed by atoms with Crippen molar-refractivity contribution in [2.45, 2.75) is 25.6 Å². The van der Waals surface area contributed by atoms with E-state index in [2.05, 4.69) is 71.8 Å². The van der Waals surface area contributed by atoms with Crippen LogP contribution in [0.25, 0.3) is 10.8 Å². The lowest BCUT2D eigenvalue weighted by molar-refractivity contribution is 0.0183. The fourth-order valence-corrected chi connectivity index (χ4v) is 4.71. The molecule has 0 saturated heterocycles. The van der Waals surface area contributed by atoms with E-state index in [-0.39, 0.29) is 0 Å². The number of methoxy groups -OCH3 is 1. The van der Waals surface area contributed by atoms with Crippen molar-refractivity contribution in [3.05, 3.63) is 88.4 Å². The molecule has 0 fully saturated rings. The molecule has 0 radical (unpaired) electrons. The summed E-state index contributed by atoms with van der Waals surface area (Å²) in [5, 5.41) is 8.62. The molecule has 0 saturated carbocycles. The SMILES string of the molecule is CCC(OC)(c1cc(NC)cc(OCc2ccc3ccccc3c2)c1)c1nccs1.